The minimum atomic E-state index is 1.000. The van der Waals surface area contributed by atoms with E-state index in [0.29, 0.717) is 0 Å². The maximum Gasteiger partial charge on any atom is -0.0388 e. The molecule has 0 aromatic rings. The summed E-state index contributed by atoms with van der Waals surface area (Å²) < 4.78 is 0. The molecule has 2 saturated carbocycles. The van der Waals surface area contributed by atoms with Gasteiger partial charge in [-0.05, 0) is 17.8 Å². The van der Waals surface area contributed by atoms with E-state index in [4.69, 9.17) is 0 Å². The second-order valence-electron chi connectivity index (χ2n) is 8.14. The van der Waals surface area contributed by atoms with Gasteiger partial charge < -0.3 is 0 Å². The van der Waals surface area contributed by atoms with Crippen LogP contribution in [0.4, 0.5) is 0 Å². The first-order chi connectivity index (χ1) is 10.8. The van der Waals surface area contributed by atoms with Crippen molar-refractivity contribution in [2.75, 3.05) is 0 Å². The van der Waals surface area contributed by atoms with Gasteiger partial charge in [0.15, 0.2) is 0 Å². The zero-order chi connectivity index (χ0) is 16.0. The van der Waals surface area contributed by atoms with Gasteiger partial charge in [-0.1, -0.05) is 124 Å². The fraction of sp³-hybridized carbons (Fsp3) is 1.00. The van der Waals surface area contributed by atoms with Crippen molar-refractivity contribution in [3.63, 3.8) is 0 Å². The molecule has 0 aliphatic heterocycles. The van der Waals surface area contributed by atoms with Crippen molar-refractivity contribution in [3.8, 4) is 0 Å². The zero-order valence-corrected chi connectivity index (χ0v) is 16.0. The summed E-state index contributed by atoms with van der Waals surface area (Å²) in [5, 5.41) is 0. The Kier molecular flexibility index (Phi) is 12.2. The van der Waals surface area contributed by atoms with Crippen LogP contribution in [0, 0.1) is 17.8 Å². The van der Waals surface area contributed by atoms with Gasteiger partial charge in [-0.25, -0.2) is 0 Å². The van der Waals surface area contributed by atoms with Crippen LogP contribution in [0.25, 0.3) is 0 Å². The molecule has 2 aliphatic carbocycles. The molecule has 0 heterocycles. The number of unbranched alkanes of at least 4 members (excludes halogenated alkanes) is 1. The van der Waals surface area contributed by atoms with Crippen LogP contribution in [0.3, 0.4) is 0 Å². The maximum absolute atomic E-state index is 2.49. The van der Waals surface area contributed by atoms with Crippen LogP contribution >= 0.6 is 0 Å². The topological polar surface area (TPSA) is 0 Å². The molecule has 0 amide bonds. The standard InChI is InChI=1S/C14H28.C8H16/c1-3-4-11-14-12-9-7-5-6-8-10-13(14)2;1-2-8-6-4-3-5-7-8/h13-14H,3-12H2,1-2H3;8H,2-7H2,1H3. The highest BCUT2D eigenvalue weighted by Crippen LogP contribution is 2.30. The van der Waals surface area contributed by atoms with Gasteiger partial charge in [0.2, 0.25) is 0 Å². The van der Waals surface area contributed by atoms with Crippen LogP contribution in [0.1, 0.15) is 124 Å². The Balaban J connectivity index is 0.000000255. The highest BCUT2D eigenvalue weighted by atomic mass is 14.2. The zero-order valence-electron chi connectivity index (χ0n) is 16.0. The van der Waals surface area contributed by atoms with E-state index in [1.165, 1.54) is 103 Å². The first kappa shape index (κ1) is 20.0. The second kappa shape index (κ2) is 13.4. The van der Waals surface area contributed by atoms with Crippen molar-refractivity contribution in [2.45, 2.75) is 124 Å². The molecule has 2 fully saturated rings. The summed E-state index contributed by atoms with van der Waals surface area (Å²) >= 11 is 0. The van der Waals surface area contributed by atoms with Crippen molar-refractivity contribution in [3.05, 3.63) is 0 Å². The average Bonchev–Trinajstić information content (AvgIpc) is 2.67. The molecule has 2 rings (SSSR count). The number of rotatable bonds is 4. The van der Waals surface area contributed by atoms with Gasteiger partial charge in [-0.2, -0.15) is 0 Å². The largest absolute Gasteiger partial charge is 0.0654 e. The summed E-state index contributed by atoms with van der Waals surface area (Å²) in [6.45, 7) is 7.13. The normalized spacial score (nSPS) is 28.0. The summed E-state index contributed by atoms with van der Waals surface area (Å²) in [6, 6.07) is 0. The van der Waals surface area contributed by atoms with E-state index in [1.54, 1.807) is 0 Å². The summed E-state index contributed by atoms with van der Waals surface area (Å²) in [6.07, 6.45) is 23.7. The van der Waals surface area contributed by atoms with Gasteiger partial charge in [0.05, 0.1) is 0 Å². The Morgan fingerprint density at radius 2 is 1.23 bits per heavy atom. The predicted molar refractivity (Wildman–Crippen MR) is 101 cm³/mol. The highest BCUT2D eigenvalue weighted by molar-refractivity contribution is 4.69. The lowest BCUT2D eigenvalue weighted by atomic mass is 9.83. The van der Waals surface area contributed by atoms with Crippen LogP contribution in [-0.4, -0.2) is 0 Å². The van der Waals surface area contributed by atoms with E-state index in [2.05, 4.69) is 20.8 Å². The van der Waals surface area contributed by atoms with E-state index >= 15 is 0 Å². The minimum Gasteiger partial charge on any atom is -0.0654 e. The quantitative estimate of drug-likeness (QED) is 0.491. The average molecular weight is 309 g/mol. The van der Waals surface area contributed by atoms with Crippen LogP contribution in [0.5, 0.6) is 0 Å². The summed E-state index contributed by atoms with van der Waals surface area (Å²) in [4.78, 5) is 0. The van der Waals surface area contributed by atoms with Gasteiger partial charge in [0, 0.05) is 0 Å². The molecule has 2 atom stereocenters. The van der Waals surface area contributed by atoms with Gasteiger partial charge in [0.1, 0.15) is 0 Å². The number of hydrogen-bond acceptors (Lipinski definition) is 0. The lowest BCUT2D eigenvalue weighted by Crippen LogP contribution is -2.11. The molecule has 132 valence electrons. The molecule has 0 bridgehead atoms. The molecule has 0 aromatic carbocycles. The van der Waals surface area contributed by atoms with Crippen LogP contribution in [-0.2, 0) is 0 Å². The summed E-state index contributed by atoms with van der Waals surface area (Å²) in [5.41, 5.74) is 0. The molecular weight excluding hydrogens is 264 g/mol. The van der Waals surface area contributed by atoms with Crippen molar-refractivity contribution >= 4 is 0 Å². The first-order valence-corrected chi connectivity index (χ1v) is 10.8. The van der Waals surface area contributed by atoms with E-state index in [0.717, 1.165) is 17.8 Å². The Morgan fingerprint density at radius 3 is 1.82 bits per heavy atom. The molecule has 0 N–H and O–H groups in total. The monoisotopic (exact) mass is 308 g/mol. The van der Waals surface area contributed by atoms with Gasteiger partial charge in [-0.3, -0.25) is 0 Å². The Hall–Kier alpha value is 0. The molecule has 0 saturated heterocycles. The molecule has 0 spiro atoms. The molecule has 0 radical (unpaired) electrons. The highest BCUT2D eigenvalue weighted by Gasteiger charge is 2.17. The minimum absolute atomic E-state index is 1.000. The lowest BCUT2D eigenvalue weighted by Gasteiger charge is -2.23. The molecule has 0 heteroatoms. The van der Waals surface area contributed by atoms with Crippen LogP contribution in [0.2, 0.25) is 0 Å². The van der Waals surface area contributed by atoms with E-state index in [9.17, 15) is 0 Å². The maximum atomic E-state index is 2.49. The molecule has 0 aromatic heterocycles. The predicted octanol–water partition coefficient (Wildman–Crippen LogP) is 8.15. The third-order valence-corrected chi connectivity index (χ3v) is 6.27. The molecule has 2 unspecified atom stereocenters. The van der Waals surface area contributed by atoms with Crippen LogP contribution in [0.15, 0.2) is 0 Å². The lowest BCUT2D eigenvalue weighted by molar-refractivity contribution is 0.288. The van der Waals surface area contributed by atoms with Crippen molar-refractivity contribution in [1.29, 1.82) is 0 Å². The van der Waals surface area contributed by atoms with Gasteiger partial charge >= 0.3 is 0 Å². The van der Waals surface area contributed by atoms with Crippen molar-refractivity contribution in [2.24, 2.45) is 17.8 Å². The van der Waals surface area contributed by atoms with Gasteiger partial charge in [-0.15, -0.1) is 0 Å². The molecule has 0 nitrogen and oxygen atoms in total. The van der Waals surface area contributed by atoms with E-state index < -0.39 is 0 Å². The second-order valence-corrected chi connectivity index (χ2v) is 8.14. The SMILES string of the molecule is CCC1CCCCC1.CCCCC1CCCCCCCC1C. The third kappa shape index (κ3) is 9.21. The third-order valence-electron chi connectivity index (χ3n) is 6.27. The first-order valence-electron chi connectivity index (χ1n) is 10.8. The van der Waals surface area contributed by atoms with Crippen molar-refractivity contribution < 1.29 is 0 Å². The molecular formula is C22H44. The van der Waals surface area contributed by atoms with Gasteiger partial charge in [0.25, 0.3) is 0 Å². The van der Waals surface area contributed by atoms with E-state index in [1.807, 2.05) is 0 Å². The fourth-order valence-corrected chi connectivity index (χ4v) is 4.41. The Morgan fingerprint density at radius 1 is 0.682 bits per heavy atom. The van der Waals surface area contributed by atoms with Crippen molar-refractivity contribution in [1.82, 2.24) is 0 Å². The molecule has 22 heavy (non-hydrogen) atoms. The Bertz CT molecular complexity index is 226. The smallest absolute Gasteiger partial charge is 0.0388 e. The van der Waals surface area contributed by atoms with Crippen LogP contribution < -0.4 is 0 Å². The summed E-state index contributed by atoms with van der Waals surface area (Å²) in [7, 11) is 0. The van der Waals surface area contributed by atoms with E-state index in [-0.39, 0.29) is 0 Å². The fourth-order valence-electron chi connectivity index (χ4n) is 4.41. The molecule has 2 aliphatic rings. The summed E-state index contributed by atoms with van der Waals surface area (Å²) in [5.74, 6) is 3.14. The Labute approximate surface area is 141 Å². The number of hydrogen-bond donors (Lipinski definition) is 0.